The van der Waals surface area contributed by atoms with Crippen LogP contribution in [0.4, 0.5) is 0 Å². The molecule has 10 atom stereocenters. The van der Waals surface area contributed by atoms with Crippen LogP contribution in [0.1, 0.15) is 18.9 Å². The maximum Gasteiger partial charge on any atom is 0.331 e. The van der Waals surface area contributed by atoms with Crippen molar-refractivity contribution in [3.8, 4) is 5.75 Å². The topological polar surface area (TPSA) is 196 Å². The Labute approximate surface area is 206 Å². The minimum absolute atomic E-state index is 0.0669. The molecule has 1 aromatic rings. The summed E-state index contributed by atoms with van der Waals surface area (Å²) in [5, 5.41) is 71.1. The van der Waals surface area contributed by atoms with Crippen LogP contribution >= 0.6 is 0 Å². The minimum Gasteiger partial charge on any atom is -0.508 e. The quantitative estimate of drug-likeness (QED) is 0.173. The number of ether oxygens (including phenoxy) is 4. The average Bonchev–Trinajstić information content (AvgIpc) is 3.04. The Kier molecular flexibility index (Phi) is 7.42. The van der Waals surface area contributed by atoms with Crippen molar-refractivity contribution in [2.24, 2.45) is 5.92 Å². The van der Waals surface area contributed by atoms with Crippen LogP contribution in [-0.4, -0.2) is 103 Å². The molecule has 0 amide bonds. The molecule has 36 heavy (non-hydrogen) atoms. The molecular weight excluding hydrogens is 480 g/mol. The van der Waals surface area contributed by atoms with Gasteiger partial charge in [-0.1, -0.05) is 12.1 Å². The van der Waals surface area contributed by atoms with E-state index in [-0.39, 0.29) is 12.2 Å². The summed E-state index contributed by atoms with van der Waals surface area (Å²) in [7, 11) is 0. The van der Waals surface area contributed by atoms with Crippen molar-refractivity contribution in [1.29, 1.82) is 0 Å². The number of fused-ring (bicyclic) bond motifs is 1. The van der Waals surface area contributed by atoms with Gasteiger partial charge >= 0.3 is 5.97 Å². The van der Waals surface area contributed by atoms with Gasteiger partial charge in [-0.15, -0.1) is 0 Å². The zero-order valence-corrected chi connectivity index (χ0v) is 19.3. The fraction of sp³-hybridized carbons (Fsp3) is 0.542. The van der Waals surface area contributed by atoms with Crippen molar-refractivity contribution < 1.29 is 59.5 Å². The van der Waals surface area contributed by atoms with E-state index in [9.17, 15) is 40.5 Å². The lowest BCUT2D eigenvalue weighted by Gasteiger charge is -2.45. The Morgan fingerprint density at radius 3 is 2.47 bits per heavy atom. The first-order valence-corrected chi connectivity index (χ1v) is 11.4. The number of aliphatic hydroxyl groups excluding tert-OH is 5. The van der Waals surface area contributed by atoms with Crippen LogP contribution < -0.4 is 0 Å². The van der Waals surface area contributed by atoms with Crippen LogP contribution in [0.15, 0.2) is 42.7 Å². The predicted octanol–water partition coefficient (Wildman–Crippen LogP) is -1.49. The molecule has 3 aliphatic rings. The molecule has 0 spiro atoms. The van der Waals surface area contributed by atoms with Gasteiger partial charge < -0.3 is 54.7 Å². The van der Waals surface area contributed by atoms with E-state index in [1.165, 1.54) is 31.2 Å². The lowest BCUT2D eigenvalue weighted by Crippen LogP contribution is -2.62. The number of esters is 1. The lowest BCUT2D eigenvalue weighted by molar-refractivity contribution is -0.351. The molecule has 2 fully saturated rings. The molecule has 12 heteroatoms. The molecule has 1 aromatic carbocycles. The van der Waals surface area contributed by atoms with E-state index < -0.39 is 72.8 Å². The first-order chi connectivity index (χ1) is 17.0. The highest BCUT2D eigenvalue weighted by atomic mass is 16.8. The zero-order chi connectivity index (χ0) is 26.3. The van der Waals surface area contributed by atoms with E-state index in [1.807, 2.05) is 0 Å². The molecule has 0 aromatic heterocycles. The Morgan fingerprint density at radius 2 is 1.81 bits per heavy atom. The van der Waals surface area contributed by atoms with Crippen molar-refractivity contribution in [3.63, 3.8) is 0 Å². The molecule has 1 saturated carbocycles. The van der Waals surface area contributed by atoms with Crippen LogP contribution in [0.2, 0.25) is 0 Å². The molecule has 2 aliphatic heterocycles. The van der Waals surface area contributed by atoms with Crippen molar-refractivity contribution >= 4 is 12.0 Å². The fourth-order valence-electron chi connectivity index (χ4n) is 4.94. The van der Waals surface area contributed by atoms with Gasteiger partial charge in [0.15, 0.2) is 6.29 Å². The van der Waals surface area contributed by atoms with E-state index in [4.69, 9.17) is 18.9 Å². The summed E-state index contributed by atoms with van der Waals surface area (Å²) in [4.78, 5) is 12.7. The predicted molar refractivity (Wildman–Crippen MR) is 120 cm³/mol. The first-order valence-electron chi connectivity index (χ1n) is 11.4. The second-order valence-corrected chi connectivity index (χ2v) is 9.38. The Morgan fingerprint density at radius 1 is 1.11 bits per heavy atom. The second-order valence-electron chi connectivity index (χ2n) is 9.38. The summed E-state index contributed by atoms with van der Waals surface area (Å²) in [6.45, 7) is 0.808. The minimum atomic E-state index is -1.94. The van der Waals surface area contributed by atoms with Crippen LogP contribution in [0, 0.1) is 5.92 Å². The Balaban J connectivity index is 1.54. The Bertz CT molecular complexity index is 993. The second kappa shape index (κ2) is 10.1. The number of aliphatic hydroxyl groups is 6. The van der Waals surface area contributed by atoms with E-state index >= 15 is 0 Å². The van der Waals surface area contributed by atoms with Gasteiger partial charge in [0.2, 0.25) is 6.29 Å². The van der Waals surface area contributed by atoms with Crippen molar-refractivity contribution in [2.45, 2.75) is 67.6 Å². The number of phenolic OH excluding ortho intramolecular Hbond substituents is 1. The average molecular weight is 510 g/mol. The maximum atomic E-state index is 12.7. The van der Waals surface area contributed by atoms with Gasteiger partial charge in [0.05, 0.1) is 24.9 Å². The summed E-state index contributed by atoms with van der Waals surface area (Å²) in [5.41, 5.74) is -2.84. The van der Waals surface area contributed by atoms with Crippen molar-refractivity contribution in [3.05, 3.63) is 48.2 Å². The third-order valence-corrected chi connectivity index (χ3v) is 6.86. The third-order valence-electron chi connectivity index (χ3n) is 6.86. The number of hydrogen-bond donors (Lipinski definition) is 7. The van der Waals surface area contributed by atoms with Gasteiger partial charge in [-0.25, -0.2) is 4.79 Å². The fourth-order valence-corrected chi connectivity index (χ4v) is 4.94. The van der Waals surface area contributed by atoms with Crippen LogP contribution in [-0.2, 0) is 23.7 Å². The maximum absolute atomic E-state index is 12.7. The zero-order valence-electron chi connectivity index (χ0n) is 19.3. The lowest BCUT2D eigenvalue weighted by atomic mass is 9.81. The molecule has 2 heterocycles. The summed E-state index contributed by atoms with van der Waals surface area (Å²) in [6, 6.07) is 6.07. The summed E-state index contributed by atoms with van der Waals surface area (Å²) >= 11 is 0. The third kappa shape index (κ3) is 4.86. The molecule has 1 aliphatic carbocycles. The van der Waals surface area contributed by atoms with Crippen molar-refractivity contribution in [1.82, 2.24) is 0 Å². The molecule has 0 unspecified atom stereocenters. The van der Waals surface area contributed by atoms with Gasteiger partial charge in [-0.3, -0.25) is 0 Å². The summed E-state index contributed by atoms with van der Waals surface area (Å²) in [5.74, 6) is -1.93. The van der Waals surface area contributed by atoms with E-state index in [2.05, 4.69) is 0 Å². The van der Waals surface area contributed by atoms with Crippen LogP contribution in [0.5, 0.6) is 5.75 Å². The summed E-state index contributed by atoms with van der Waals surface area (Å²) in [6.07, 6.45) is -5.96. The molecule has 198 valence electrons. The molecule has 7 N–H and O–H groups in total. The van der Waals surface area contributed by atoms with E-state index in [0.29, 0.717) is 5.56 Å². The number of aromatic hydroxyl groups is 1. The molecule has 0 bridgehead atoms. The standard InChI is InChI=1S/C24H30O12/c1-23(36-16(28)7-4-12-2-5-13(26)6-3-12)10-15(27)24(32)8-9-33-22(20(23)24)35-21-19(31)18(30)17(29)14(11-25)34-21/h2-9,14-15,17-22,25-27,29-32H,10-11H2,1H3/t14-,15-,17-,18+,19-,20-,21+,22+,23+,24+/m1/s1. The SMILES string of the molecule is C[C@]1(OC(=O)C=Cc2ccc(O)cc2)C[C@@H](O)[C@@]2(O)C=CO[C@@H](O[C@@H]3O[C@H](CO)[C@@H](O)[C@H](O)[C@H]3O)[C@@H]21. The number of carbonyl (C=O) groups is 1. The number of phenols is 1. The van der Waals surface area contributed by atoms with Gasteiger partial charge in [0.25, 0.3) is 0 Å². The van der Waals surface area contributed by atoms with E-state index in [1.54, 1.807) is 12.1 Å². The monoisotopic (exact) mass is 510 g/mol. The van der Waals surface area contributed by atoms with Crippen LogP contribution in [0.3, 0.4) is 0 Å². The number of rotatable bonds is 6. The molecule has 0 radical (unpaired) electrons. The highest BCUT2D eigenvalue weighted by Gasteiger charge is 2.66. The highest BCUT2D eigenvalue weighted by molar-refractivity contribution is 5.87. The molecule has 1 saturated heterocycles. The smallest absolute Gasteiger partial charge is 0.331 e. The largest absolute Gasteiger partial charge is 0.508 e. The summed E-state index contributed by atoms with van der Waals surface area (Å²) < 4.78 is 22.2. The van der Waals surface area contributed by atoms with Gasteiger partial charge in [0.1, 0.15) is 41.4 Å². The molecular formula is C24H30O12. The normalized spacial score (nSPS) is 42.2. The molecule has 12 nitrogen and oxygen atoms in total. The van der Waals surface area contributed by atoms with E-state index in [0.717, 1.165) is 12.3 Å². The number of benzene rings is 1. The van der Waals surface area contributed by atoms with Gasteiger partial charge in [0, 0.05) is 12.5 Å². The highest BCUT2D eigenvalue weighted by Crippen LogP contribution is 2.51. The van der Waals surface area contributed by atoms with Crippen molar-refractivity contribution in [2.75, 3.05) is 6.61 Å². The van der Waals surface area contributed by atoms with Crippen LogP contribution in [0.25, 0.3) is 6.08 Å². The van der Waals surface area contributed by atoms with Gasteiger partial charge in [-0.05, 0) is 36.8 Å². The molecule has 4 rings (SSSR count). The number of hydrogen-bond acceptors (Lipinski definition) is 12. The first kappa shape index (κ1) is 26.5. The number of carbonyl (C=O) groups excluding carboxylic acids is 1. The Hall–Kier alpha value is -2.55. The van der Waals surface area contributed by atoms with Gasteiger partial charge in [-0.2, -0.15) is 0 Å².